The Hall–Kier alpha value is -7.80. The molecule has 0 aliphatic carbocycles. The van der Waals surface area contributed by atoms with E-state index in [4.69, 9.17) is 27.4 Å². The number of hydrogen-bond donors (Lipinski definition) is 0. The number of aromatic nitrogens is 4. The van der Waals surface area contributed by atoms with E-state index in [2.05, 4.69) is 9.97 Å². The van der Waals surface area contributed by atoms with Gasteiger partial charge in [0.05, 0.1) is 8.22 Å². The van der Waals surface area contributed by atoms with Crippen LogP contribution in [-0.4, -0.2) is 32.4 Å². The van der Waals surface area contributed by atoms with E-state index in [-0.39, 0.29) is 0 Å². The van der Waals surface area contributed by atoms with Crippen molar-refractivity contribution in [3.8, 4) is 34.2 Å². The quantitative estimate of drug-likeness (QED) is 0.142. The van der Waals surface area contributed by atoms with Crippen molar-refractivity contribution in [2.45, 2.75) is 0 Å². The third kappa shape index (κ3) is 5.98. The summed E-state index contributed by atoms with van der Waals surface area (Å²) in [5.74, 6) is -2.25. The van der Waals surface area contributed by atoms with Crippen LogP contribution in [-0.2, 0) is 0 Å². The molecule has 12 aromatic rings. The maximum absolute atomic E-state index is 10.7. The second-order valence-electron chi connectivity index (χ2n) is 13.2. The third-order valence-electron chi connectivity index (χ3n) is 10.0. The molecule has 0 radical (unpaired) electrons. The van der Waals surface area contributed by atoms with Crippen LogP contribution in [0.2, 0.25) is 0 Å². The summed E-state index contributed by atoms with van der Waals surface area (Å²) in [6.07, 6.45) is 0. The average molecular weight is 905 g/mol. The van der Waals surface area contributed by atoms with Crippen LogP contribution in [0, 0.1) is 0 Å². The Morgan fingerprint density at radius 2 is 0.778 bits per heavy atom. The minimum atomic E-state index is -7.67. The molecule has 4 nitrogen and oxygen atoms in total. The van der Waals surface area contributed by atoms with E-state index in [1.54, 1.807) is 0 Å². The Balaban J connectivity index is 1.42. The monoisotopic (exact) mass is 905 g/mol. The Labute approximate surface area is 423 Å². The summed E-state index contributed by atoms with van der Waals surface area (Å²) in [4.78, 5) is 9.32. The van der Waals surface area contributed by atoms with Crippen LogP contribution in [0.25, 0.3) is 77.8 Å². The van der Waals surface area contributed by atoms with Crippen LogP contribution >= 0.6 is 0 Å². The fourth-order valence-corrected chi connectivity index (χ4v) is 14.9. The van der Waals surface area contributed by atoms with Gasteiger partial charge in [0.15, 0.2) is 0 Å². The summed E-state index contributed by atoms with van der Waals surface area (Å²) in [7, 11) is 0. The van der Waals surface area contributed by atoms with Crippen molar-refractivity contribution in [2.24, 2.45) is 0 Å². The van der Waals surface area contributed by atoms with Crippen molar-refractivity contribution in [1.82, 2.24) is 19.1 Å². The molecule has 0 amide bonds. The second kappa shape index (κ2) is 15.3. The molecule has 0 aliphatic heterocycles. The first-order chi connectivity index (χ1) is 47.5. The van der Waals surface area contributed by atoms with Crippen LogP contribution in [0.3, 0.4) is 0 Å². The zero-order chi connectivity index (χ0) is 75.7. The van der Waals surface area contributed by atoms with Gasteiger partial charge in [-0.15, -0.1) is 0 Å². The van der Waals surface area contributed by atoms with E-state index in [0.29, 0.717) is 9.13 Å². The van der Waals surface area contributed by atoms with Crippen molar-refractivity contribution in [3.05, 3.63) is 242 Å². The van der Waals surface area contributed by atoms with E-state index < -0.39 is 344 Å². The first-order valence-corrected chi connectivity index (χ1v) is 22.5. The van der Waals surface area contributed by atoms with Crippen LogP contribution in [0.4, 0.5) is 0 Å². The Bertz CT molecular complexity index is 5550. The van der Waals surface area contributed by atoms with Gasteiger partial charge in [-0.05, 0) is 0 Å². The summed E-state index contributed by atoms with van der Waals surface area (Å²) >= 11 is -7.67. The number of hydrogen-bond acceptors (Lipinski definition) is 2. The van der Waals surface area contributed by atoms with Gasteiger partial charge in [0.2, 0.25) is 0 Å². The van der Waals surface area contributed by atoms with Crippen LogP contribution < -0.4 is 17.6 Å². The molecule has 3 heterocycles. The van der Waals surface area contributed by atoms with Crippen molar-refractivity contribution in [2.75, 3.05) is 0 Å². The zero-order valence-corrected chi connectivity index (χ0v) is 33.5. The molecule has 0 saturated heterocycles. The fraction of sp³-hybridized carbons (Fsp3) is 0. The van der Waals surface area contributed by atoms with Crippen molar-refractivity contribution in [1.29, 1.82) is 0 Å². The van der Waals surface area contributed by atoms with Crippen LogP contribution in [0.15, 0.2) is 242 Å². The molecular weight excluding hydrogens is 825 g/mol. The van der Waals surface area contributed by atoms with Crippen LogP contribution in [0.5, 0.6) is 0 Å². The molecular formula is C58H40GeN4. The first kappa shape index (κ1) is 14.7. The number of para-hydroxylation sites is 5. The van der Waals surface area contributed by atoms with Crippen molar-refractivity contribution >= 4 is 74.5 Å². The Morgan fingerprint density at radius 1 is 0.365 bits per heavy atom. The van der Waals surface area contributed by atoms with Gasteiger partial charge in [-0.3, -0.25) is 0 Å². The predicted octanol–water partition coefficient (Wildman–Crippen LogP) is 11.4. The van der Waals surface area contributed by atoms with Gasteiger partial charge in [-0.1, -0.05) is 12.1 Å². The summed E-state index contributed by atoms with van der Waals surface area (Å²) in [6, 6.07) is -45.2. The molecule has 12 rings (SSSR count). The molecule has 0 bridgehead atoms. The van der Waals surface area contributed by atoms with Crippen molar-refractivity contribution < 1.29 is 53.5 Å². The molecule has 0 aliphatic rings. The molecule has 3 aromatic heterocycles. The van der Waals surface area contributed by atoms with E-state index in [1.807, 2.05) is 0 Å². The molecule has 9 aromatic carbocycles. The average Bonchev–Trinajstić information content (AvgIpc) is 0.832. The predicted molar refractivity (Wildman–Crippen MR) is 265 cm³/mol. The summed E-state index contributed by atoms with van der Waals surface area (Å²) in [5.41, 5.74) is -7.39. The van der Waals surface area contributed by atoms with Gasteiger partial charge in [-0.25, -0.2) is 0 Å². The minimum absolute atomic E-state index is 0.644. The van der Waals surface area contributed by atoms with Gasteiger partial charge < -0.3 is 0 Å². The van der Waals surface area contributed by atoms with Gasteiger partial charge in [0.25, 0.3) is 0 Å². The number of nitrogens with zero attached hydrogens (tertiary/aromatic N) is 4. The maximum atomic E-state index is 10.7. The third-order valence-corrected chi connectivity index (χ3v) is 18.4. The topological polar surface area (TPSA) is 35.6 Å². The molecule has 0 N–H and O–H groups in total. The van der Waals surface area contributed by atoms with E-state index >= 15 is 0 Å². The molecule has 5 heteroatoms. The molecule has 0 fully saturated rings. The molecule has 296 valence electrons. The standard InChI is InChI=1S/C58H40GeN4/c1-4-22-42(23-5-1)59(43-24-6-2-7-25-43,44-26-8-3-9-27-44)45-28-20-21-41(39-45)58-60-51(40-57(61-58)63-54-36-17-12-31-48(54)49-32-13-18-37-55(49)63)50-33-14-19-38-56(50)62-52-34-15-10-29-46(52)47-30-11-16-35-53(47)62/h1-40H/i1D,2D,3D,4D,5D,6D,7D,8D,9D,10D,11D,12D,13D,14D,15D,16D,17D,18D,19D,20D,21D,22D,23D,24D,25D,26D,27D,28D,29D,30D,31D,32D,33D,34D,35D,36D,37D,38D,39D. The number of rotatable bonds is 8. The van der Waals surface area contributed by atoms with Gasteiger partial charge >= 0.3 is 403 Å². The summed E-state index contributed by atoms with van der Waals surface area (Å²) in [5, 5.41) is -2.58. The Morgan fingerprint density at radius 3 is 1.29 bits per heavy atom. The molecule has 0 unspecified atom stereocenters. The fourth-order valence-electron chi connectivity index (χ4n) is 7.45. The van der Waals surface area contributed by atoms with E-state index in [0.717, 1.165) is 6.07 Å². The van der Waals surface area contributed by atoms with Gasteiger partial charge in [0, 0.05) is 0 Å². The van der Waals surface area contributed by atoms with Crippen molar-refractivity contribution in [3.63, 3.8) is 0 Å². The normalized spacial score (nSPS) is 20.5. The van der Waals surface area contributed by atoms with Gasteiger partial charge in [0.1, 0.15) is 0 Å². The van der Waals surface area contributed by atoms with Gasteiger partial charge in [-0.2, -0.15) is 0 Å². The van der Waals surface area contributed by atoms with Crippen LogP contribution in [0.1, 0.15) is 53.5 Å². The summed E-state index contributed by atoms with van der Waals surface area (Å²) < 4.78 is 358. The SMILES string of the molecule is [2H]c1c([2H])c([2H])[c]([Ge]([c]2c([2H])c([2H])c([2H])c([2H])c2[2H])([c]2c([2H])c([2H])c([2H])c([2H])c2[2H])[c]2c([2H])c([2H])c([2H])c(-c3nc(-c4c([2H])c([2H])c([2H])c([2H])c4-n4c5c([2H])c([2H])c([2H])c([2H])c5c5c([2H])c([2H])c([2H])c([2H])c54)cc(-n4c5c([2H])c([2H])c([2H])c([2H])c5c5c([2H])c([2H])c([2H])c([2H])c54)n3)c2[2H])c([2H])c1[2H]. The number of fused-ring (bicyclic) bond motifs is 6. The Kier molecular flexibility index (Phi) is 3.55. The molecule has 0 spiro atoms. The van der Waals surface area contributed by atoms with E-state index in [9.17, 15) is 26.0 Å². The first-order valence-electron chi connectivity index (χ1n) is 37.8. The molecule has 63 heavy (non-hydrogen) atoms. The molecule has 0 atom stereocenters. The van der Waals surface area contributed by atoms with E-state index in [1.165, 1.54) is 0 Å². The number of benzene rings is 9. The zero-order valence-electron chi connectivity index (χ0n) is 70.4. The summed E-state index contributed by atoms with van der Waals surface area (Å²) in [6.45, 7) is 0. The molecule has 0 saturated carbocycles. The second-order valence-corrected chi connectivity index (χ2v) is 20.6.